The Balaban J connectivity index is 0.913. The minimum Gasteiger partial charge on any atom is -0.480 e. The van der Waals surface area contributed by atoms with Crippen molar-refractivity contribution < 1.29 is 76.6 Å². The second-order valence-electron chi connectivity index (χ2n) is 29.3. The first-order chi connectivity index (χ1) is 55.0. The number of aromatic hydroxyl groups is 4. The van der Waals surface area contributed by atoms with Gasteiger partial charge >= 0.3 is 0 Å². The Morgan fingerprint density at radius 2 is 0.420 bits per heavy atom. The topological polar surface area (TPSA) is 285 Å². The number of hydrogen-bond acceptors (Lipinski definition) is 16. The summed E-state index contributed by atoms with van der Waals surface area (Å²) in [5.41, 5.74) is 10.3. The van der Waals surface area contributed by atoms with Crippen LogP contribution in [-0.2, 0) is 26.2 Å². The molecule has 0 saturated carbocycles. The smallest absolute Gasteiger partial charge is 0.292 e. The van der Waals surface area contributed by atoms with Gasteiger partial charge in [0.2, 0.25) is 0 Å². The molecule has 4 aliphatic heterocycles. The van der Waals surface area contributed by atoms with E-state index in [0.717, 1.165) is 44.5 Å². The Kier molecular flexibility index (Phi) is 15.9. The summed E-state index contributed by atoms with van der Waals surface area (Å²) in [6.45, 7) is 2.64. The van der Waals surface area contributed by atoms with E-state index in [1.807, 2.05) is 97.1 Å². The van der Waals surface area contributed by atoms with Gasteiger partial charge in [0.15, 0.2) is 95.6 Å². The molecule has 4 unspecified atom stereocenters. The highest BCUT2D eigenvalue weighted by Crippen LogP contribution is 2.60. The van der Waals surface area contributed by atoms with Crippen LogP contribution in [0.1, 0.15) is 120 Å². The average molecular weight is 1490 g/mol. The third kappa shape index (κ3) is 12.2. The second kappa shape index (κ2) is 26.9. The quantitative estimate of drug-likeness (QED) is 0.0417. The largest absolute Gasteiger partial charge is 0.480 e. The fourth-order valence-electron chi connectivity index (χ4n) is 17.0. The van der Waals surface area contributed by atoms with Crippen LogP contribution in [0, 0.1) is 0 Å². The highest BCUT2D eigenvalue weighted by molar-refractivity contribution is 5.85. The number of hydrogen-bond donors (Lipinski definition) is 8. The Bertz CT molecular complexity index is 5370. The van der Waals surface area contributed by atoms with Gasteiger partial charge in [-0.15, -0.1) is 0 Å². The normalized spacial score (nSPS) is 15.9. The van der Waals surface area contributed by atoms with E-state index in [1.165, 1.54) is 0 Å². The zero-order chi connectivity index (χ0) is 74.7. The van der Waals surface area contributed by atoms with Gasteiger partial charge < -0.3 is 78.3 Å². The molecule has 0 amide bonds. The first-order valence-electron chi connectivity index (χ1n) is 37.8. The van der Waals surface area contributed by atoms with Crippen LogP contribution in [0.4, 0.5) is 0 Å². The van der Waals surface area contributed by atoms with E-state index in [1.54, 1.807) is 48.5 Å². The molecule has 8 aromatic heterocycles. The molecule has 0 spiro atoms. The molecule has 16 aromatic rings. The summed E-state index contributed by atoms with van der Waals surface area (Å²) < 4.78 is 69.5. The Hall–Kier alpha value is -14.2. The van der Waals surface area contributed by atoms with Gasteiger partial charge in [-0.1, -0.05) is 24.3 Å². The van der Waals surface area contributed by atoms with Crippen LogP contribution >= 0.6 is 0 Å². The van der Waals surface area contributed by atoms with Crippen LogP contribution in [-0.4, -0.2) is 60.3 Å². The van der Waals surface area contributed by atoms with Gasteiger partial charge in [-0.2, -0.15) is 19.9 Å². The van der Waals surface area contributed by atoms with Crippen LogP contribution in [0.5, 0.6) is 116 Å². The van der Waals surface area contributed by atoms with Crippen LogP contribution in [0.3, 0.4) is 0 Å². The van der Waals surface area contributed by atoms with Crippen molar-refractivity contribution in [3.63, 3.8) is 0 Å². The fourth-order valence-corrected chi connectivity index (χ4v) is 17.0. The maximum atomic E-state index is 11.1. The number of H-pyrrole nitrogens is 4. The average Bonchev–Trinajstić information content (AvgIpc) is 1.43. The van der Waals surface area contributed by atoms with Crippen molar-refractivity contribution >= 4 is 44.1 Å². The molecule has 0 radical (unpaired) electrons. The Morgan fingerprint density at radius 3 is 0.616 bits per heavy atom. The summed E-state index contributed by atoms with van der Waals surface area (Å²) in [6, 6.07) is 54.7. The lowest BCUT2D eigenvalue weighted by Gasteiger charge is -2.30. The fraction of sp³-hybridized carbons (Fsp3) is 0.182. The standard InChI is InChI=1S/C88H68N12O12/c101-85-89-61-37-77-78(38-62(61)90-85)106-70-46-72-56-34-54(70)49(17-13-29-97-21-5-1-6-22-97)53-33-55-50(18-14-30-98-23-7-2-8-24-98)57-35-59-52(20-16-32-100-27-11-4-12-28-100)60-36-58(51(56)19-15-31-99-25-9-3-10-26-99)74(110-82-42-66-64(40-80(82)108-72)92-87(103)94-66)48-76(60)112-84-44-68-67(95-88(104)96-68)43-83(84)111-75(59)47-73(57)109-81-41-65-63(91-86(102)93-65)39-79(81)107-71(55)45-69(53)105-77/h1-12,21-28,33-52H,13-20,29-32H2,(H4-4,89,90,91,92,93,94,95,96,101,102,103,104)/p+4. The van der Waals surface area contributed by atoms with E-state index in [9.17, 15) is 20.4 Å². The highest BCUT2D eigenvalue weighted by atomic mass is 16.5. The molecule has 24 heteroatoms. The molecule has 8 aromatic carbocycles. The molecule has 21 rings (SSSR count). The van der Waals surface area contributed by atoms with Crippen molar-refractivity contribution in [1.29, 1.82) is 0 Å². The number of aromatic nitrogens is 12. The number of fused-ring (bicyclic) bond motifs is 8. The van der Waals surface area contributed by atoms with E-state index >= 15 is 0 Å². The van der Waals surface area contributed by atoms with E-state index in [4.69, 9.17) is 37.9 Å². The zero-order valence-electron chi connectivity index (χ0n) is 60.2. The summed E-state index contributed by atoms with van der Waals surface area (Å²) in [6.07, 6.45) is 21.7. The number of pyridine rings is 4. The third-order valence-electron chi connectivity index (χ3n) is 22.2. The molecule has 24 nitrogen and oxygen atoms in total. The minimum absolute atomic E-state index is 0.286. The number of imidazole rings is 4. The lowest BCUT2D eigenvalue weighted by atomic mass is 9.76. The number of nitrogens with one attached hydrogen (secondary N) is 4. The molecule has 8 bridgehead atoms. The lowest BCUT2D eigenvalue weighted by molar-refractivity contribution is -0.697. The van der Waals surface area contributed by atoms with Gasteiger partial charge in [-0.05, 0) is 49.9 Å². The number of aryl methyl sites for hydroxylation is 4. The van der Waals surface area contributed by atoms with Crippen LogP contribution in [0.2, 0.25) is 0 Å². The maximum Gasteiger partial charge on any atom is 0.292 e. The van der Waals surface area contributed by atoms with Gasteiger partial charge in [0.05, 0.1) is 44.1 Å². The van der Waals surface area contributed by atoms with Crippen molar-refractivity contribution in [3.8, 4) is 116 Å². The SMILES string of the molecule is Oc1nc2cc3c(cc2[nH]1)Oc1cc2c4cc1C(CCC[n+]1ccccc1)c1cc5c(cc1O3)Oc1cc3nc(O)[nH]c3cc1Oc1cc3c(cc1C5CCC[n+]1ccccc1)C(CCC[n+]1ccccc1)c1cc(c(cc1Oc1cc5[nH]c(O)nc5cc1O3)Oc1cc3[nH]c(O)nc3cc1O2)C4CCC[n+]1ccccc1. The third-order valence-corrected chi connectivity index (χ3v) is 22.2. The summed E-state index contributed by atoms with van der Waals surface area (Å²) in [4.78, 5) is 30.3. The first-order valence-corrected chi connectivity index (χ1v) is 37.8. The van der Waals surface area contributed by atoms with Gasteiger partial charge in [-0.3, -0.25) is 0 Å². The summed E-state index contributed by atoms with van der Waals surface area (Å²) in [5, 5.41) is 44.4. The molecule has 4 atom stereocenters. The summed E-state index contributed by atoms with van der Waals surface area (Å²) in [5.74, 6) is 3.98. The molecule has 0 saturated heterocycles. The number of nitrogens with zero attached hydrogens (tertiary/aromatic N) is 8. The molecule has 8 N–H and O–H groups in total. The van der Waals surface area contributed by atoms with E-state index in [-0.39, 0.29) is 24.0 Å². The predicted molar refractivity (Wildman–Crippen MR) is 408 cm³/mol. The van der Waals surface area contributed by atoms with Crippen LogP contribution in [0.15, 0.2) is 219 Å². The highest BCUT2D eigenvalue weighted by Gasteiger charge is 2.40. The zero-order valence-corrected chi connectivity index (χ0v) is 60.2. The van der Waals surface area contributed by atoms with E-state index < -0.39 is 23.7 Å². The van der Waals surface area contributed by atoms with Gasteiger partial charge in [0.1, 0.15) is 72.2 Å². The predicted octanol–water partition coefficient (Wildman–Crippen LogP) is 17.5. The molecule has 552 valence electrons. The monoisotopic (exact) mass is 1490 g/mol. The van der Waals surface area contributed by atoms with E-state index in [2.05, 4.69) is 132 Å². The molecule has 1 aliphatic carbocycles. The van der Waals surface area contributed by atoms with E-state index in [0.29, 0.717) is 214 Å². The molecule has 5 aliphatic rings. The summed E-state index contributed by atoms with van der Waals surface area (Å²) >= 11 is 0. The Labute approximate surface area is 638 Å². The molecule has 0 fully saturated rings. The summed E-state index contributed by atoms with van der Waals surface area (Å²) in [7, 11) is 0. The lowest BCUT2D eigenvalue weighted by Crippen LogP contribution is -2.32. The molecule has 112 heavy (non-hydrogen) atoms. The second-order valence-corrected chi connectivity index (χ2v) is 29.3. The number of rotatable bonds is 16. The number of benzene rings is 8. The van der Waals surface area contributed by atoms with Gasteiger partial charge in [0, 0.05) is 215 Å². The van der Waals surface area contributed by atoms with Gasteiger partial charge in [0.25, 0.3) is 24.0 Å². The molecular formula is C88H72N12O12+4. The van der Waals surface area contributed by atoms with Crippen molar-refractivity contribution in [2.45, 2.75) is 101 Å². The Morgan fingerprint density at radius 1 is 0.232 bits per heavy atom. The van der Waals surface area contributed by atoms with Crippen molar-refractivity contribution in [1.82, 2.24) is 39.9 Å². The molecule has 12 heterocycles. The molecular weight excluding hydrogens is 1420 g/mol. The van der Waals surface area contributed by atoms with Crippen molar-refractivity contribution in [3.05, 3.63) is 264 Å². The maximum absolute atomic E-state index is 11.1. The van der Waals surface area contributed by atoms with Crippen LogP contribution in [0.25, 0.3) is 44.1 Å². The van der Waals surface area contributed by atoms with Gasteiger partial charge in [-0.25, -0.2) is 18.3 Å². The van der Waals surface area contributed by atoms with Crippen LogP contribution < -0.4 is 56.2 Å². The number of ether oxygens (including phenoxy) is 8. The van der Waals surface area contributed by atoms with Crippen molar-refractivity contribution in [2.75, 3.05) is 0 Å². The number of aromatic amines is 4. The minimum atomic E-state index is -0.524. The van der Waals surface area contributed by atoms with Crippen molar-refractivity contribution in [2.24, 2.45) is 0 Å². The first kappa shape index (κ1) is 66.1.